The fourth-order valence-electron chi connectivity index (χ4n) is 1.58. The van der Waals surface area contributed by atoms with E-state index in [0.717, 1.165) is 22.8 Å². The second-order valence-corrected chi connectivity index (χ2v) is 5.52. The number of anilines is 1. The second-order valence-electron chi connectivity index (χ2n) is 3.62. The normalized spacial score (nSPS) is 21.4. The maximum atomic E-state index is 4.22. The molecule has 1 unspecified atom stereocenters. The minimum atomic E-state index is 0.826. The first-order chi connectivity index (χ1) is 6.75. The predicted molar refractivity (Wildman–Crippen MR) is 64.8 cm³/mol. The van der Waals surface area contributed by atoms with Crippen LogP contribution in [-0.2, 0) is 7.05 Å². The second kappa shape index (κ2) is 4.57. The van der Waals surface area contributed by atoms with Crippen LogP contribution in [0.5, 0.6) is 0 Å². The quantitative estimate of drug-likeness (QED) is 0.919. The summed E-state index contributed by atoms with van der Waals surface area (Å²) in [4.78, 5) is 0. The van der Waals surface area contributed by atoms with Gasteiger partial charge in [-0.15, -0.1) is 0 Å². The van der Waals surface area contributed by atoms with E-state index in [1.54, 1.807) is 0 Å². The number of halogens is 1. The van der Waals surface area contributed by atoms with Gasteiger partial charge in [-0.25, -0.2) is 0 Å². The van der Waals surface area contributed by atoms with Gasteiger partial charge >= 0.3 is 0 Å². The van der Waals surface area contributed by atoms with Crippen molar-refractivity contribution in [2.75, 3.05) is 23.4 Å². The Morgan fingerprint density at radius 1 is 1.79 bits per heavy atom. The van der Waals surface area contributed by atoms with Crippen LogP contribution < -0.4 is 5.32 Å². The van der Waals surface area contributed by atoms with E-state index in [2.05, 4.69) is 38.1 Å². The third kappa shape index (κ3) is 2.45. The molecule has 0 radical (unpaired) electrons. The van der Waals surface area contributed by atoms with Gasteiger partial charge in [0.25, 0.3) is 0 Å². The van der Waals surface area contributed by atoms with Crippen molar-refractivity contribution in [1.29, 1.82) is 0 Å². The zero-order chi connectivity index (χ0) is 9.97. The maximum Gasteiger partial charge on any atom is 0.151 e. The molecule has 0 bridgehead atoms. The number of thioether (sulfide) groups is 1. The lowest BCUT2D eigenvalue weighted by Gasteiger charge is -2.09. The molecule has 0 amide bonds. The molecule has 0 aromatic carbocycles. The Labute approximate surface area is 96.8 Å². The van der Waals surface area contributed by atoms with Crippen LogP contribution in [0.25, 0.3) is 0 Å². The van der Waals surface area contributed by atoms with Gasteiger partial charge in [-0.3, -0.25) is 4.68 Å². The molecule has 1 saturated heterocycles. The Hall–Kier alpha value is -0.160. The van der Waals surface area contributed by atoms with Crippen molar-refractivity contribution in [2.24, 2.45) is 13.0 Å². The van der Waals surface area contributed by atoms with Crippen LogP contribution in [-0.4, -0.2) is 27.8 Å². The number of hydrogen-bond donors (Lipinski definition) is 1. The first-order valence-corrected chi connectivity index (χ1v) is 6.71. The van der Waals surface area contributed by atoms with Crippen molar-refractivity contribution in [1.82, 2.24) is 9.78 Å². The molecular formula is C9H14BrN3S. The Morgan fingerprint density at radius 2 is 2.64 bits per heavy atom. The molecule has 1 atom stereocenters. The highest BCUT2D eigenvalue weighted by molar-refractivity contribution is 9.10. The minimum absolute atomic E-state index is 0.826. The molecular weight excluding hydrogens is 262 g/mol. The van der Waals surface area contributed by atoms with Gasteiger partial charge in [0.15, 0.2) is 4.60 Å². The molecule has 3 nitrogen and oxygen atoms in total. The molecule has 1 N–H and O–H groups in total. The lowest BCUT2D eigenvalue weighted by atomic mass is 10.1. The number of aromatic nitrogens is 2. The van der Waals surface area contributed by atoms with E-state index in [0.29, 0.717) is 0 Å². The number of nitrogens with zero attached hydrogens (tertiary/aromatic N) is 2. The Bertz CT molecular complexity index is 307. The van der Waals surface area contributed by atoms with Crippen LogP contribution in [0.2, 0.25) is 0 Å². The zero-order valence-electron chi connectivity index (χ0n) is 8.16. The van der Waals surface area contributed by atoms with Gasteiger partial charge in [0.1, 0.15) is 0 Å². The monoisotopic (exact) mass is 275 g/mol. The zero-order valence-corrected chi connectivity index (χ0v) is 10.6. The minimum Gasteiger partial charge on any atom is -0.381 e. The van der Waals surface area contributed by atoms with Gasteiger partial charge < -0.3 is 5.32 Å². The average molecular weight is 276 g/mol. The highest BCUT2D eigenvalue weighted by Gasteiger charge is 2.15. The molecule has 2 rings (SSSR count). The van der Waals surface area contributed by atoms with E-state index < -0.39 is 0 Å². The van der Waals surface area contributed by atoms with Crippen LogP contribution >= 0.6 is 27.7 Å². The molecule has 2 heterocycles. The van der Waals surface area contributed by atoms with Gasteiger partial charge in [-0.2, -0.15) is 16.9 Å². The predicted octanol–water partition coefficient (Wildman–Crippen LogP) is 2.35. The third-order valence-corrected chi connectivity index (χ3v) is 4.21. The molecule has 14 heavy (non-hydrogen) atoms. The average Bonchev–Trinajstić information content (AvgIpc) is 2.72. The fraction of sp³-hybridized carbons (Fsp3) is 0.667. The summed E-state index contributed by atoms with van der Waals surface area (Å²) < 4.78 is 2.72. The largest absolute Gasteiger partial charge is 0.381 e. The van der Waals surface area contributed by atoms with Gasteiger partial charge in [-0.1, -0.05) is 0 Å². The summed E-state index contributed by atoms with van der Waals surface area (Å²) in [5, 5.41) is 7.65. The van der Waals surface area contributed by atoms with Crippen molar-refractivity contribution in [3.63, 3.8) is 0 Å². The molecule has 1 aromatic rings. The Kier molecular flexibility index (Phi) is 3.38. The fourth-order valence-corrected chi connectivity index (χ4v) is 3.36. The number of hydrogen-bond acceptors (Lipinski definition) is 3. The summed E-state index contributed by atoms with van der Waals surface area (Å²) in [5.74, 6) is 3.44. The van der Waals surface area contributed by atoms with Crippen molar-refractivity contribution in [3.05, 3.63) is 10.8 Å². The summed E-state index contributed by atoms with van der Waals surface area (Å²) in [5.41, 5.74) is 1.10. The summed E-state index contributed by atoms with van der Waals surface area (Å²) in [6.07, 6.45) is 3.35. The molecule has 0 spiro atoms. The SMILES string of the molecule is Cn1cc(NCC2CCSC2)c(Br)n1. The van der Waals surface area contributed by atoms with E-state index in [4.69, 9.17) is 0 Å². The Balaban J connectivity index is 1.87. The first kappa shape index (κ1) is 10.4. The standard InChI is InChI=1S/C9H14BrN3S/c1-13-5-8(9(10)12-13)11-4-7-2-3-14-6-7/h5,7,11H,2-4,6H2,1H3. The molecule has 1 aliphatic rings. The molecule has 1 aromatic heterocycles. The van der Waals surface area contributed by atoms with Crippen LogP contribution in [0, 0.1) is 5.92 Å². The number of aryl methyl sites for hydroxylation is 1. The smallest absolute Gasteiger partial charge is 0.151 e. The summed E-state index contributed by atoms with van der Waals surface area (Å²) in [7, 11) is 1.93. The molecule has 1 fully saturated rings. The van der Waals surface area contributed by atoms with E-state index in [1.807, 2.05) is 17.9 Å². The summed E-state index contributed by atoms with van der Waals surface area (Å²) in [6.45, 7) is 1.07. The molecule has 0 saturated carbocycles. The highest BCUT2D eigenvalue weighted by atomic mass is 79.9. The van der Waals surface area contributed by atoms with Gasteiger partial charge in [0, 0.05) is 19.8 Å². The van der Waals surface area contributed by atoms with E-state index >= 15 is 0 Å². The molecule has 0 aliphatic carbocycles. The van der Waals surface area contributed by atoms with Gasteiger partial charge in [0.05, 0.1) is 5.69 Å². The van der Waals surface area contributed by atoms with Crippen molar-refractivity contribution in [2.45, 2.75) is 6.42 Å². The van der Waals surface area contributed by atoms with Crippen molar-refractivity contribution >= 4 is 33.4 Å². The number of nitrogens with one attached hydrogen (secondary N) is 1. The van der Waals surface area contributed by atoms with Gasteiger partial charge in [-0.05, 0) is 39.8 Å². The van der Waals surface area contributed by atoms with Crippen LogP contribution in [0.4, 0.5) is 5.69 Å². The van der Waals surface area contributed by atoms with Crippen LogP contribution in [0.3, 0.4) is 0 Å². The lowest BCUT2D eigenvalue weighted by molar-refractivity contribution is 0.631. The number of rotatable bonds is 3. The Morgan fingerprint density at radius 3 is 3.21 bits per heavy atom. The first-order valence-electron chi connectivity index (χ1n) is 4.76. The van der Waals surface area contributed by atoms with E-state index in [9.17, 15) is 0 Å². The maximum absolute atomic E-state index is 4.22. The van der Waals surface area contributed by atoms with Crippen molar-refractivity contribution in [3.8, 4) is 0 Å². The van der Waals surface area contributed by atoms with Crippen LogP contribution in [0.15, 0.2) is 10.8 Å². The third-order valence-electron chi connectivity index (χ3n) is 2.39. The summed E-state index contributed by atoms with van der Waals surface area (Å²) in [6, 6.07) is 0. The van der Waals surface area contributed by atoms with Gasteiger partial charge in [0.2, 0.25) is 0 Å². The topological polar surface area (TPSA) is 29.9 Å². The molecule has 5 heteroatoms. The van der Waals surface area contributed by atoms with E-state index in [-0.39, 0.29) is 0 Å². The van der Waals surface area contributed by atoms with E-state index in [1.165, 1.54) is 17.9 Å². The molecule has 1 aliphatic heterocycles. The van der Waals surface area contributed by atoms with Crippen LogP contribution in [0.1, 0.15) is 6.42 Å². The summed E-state index contributed by atoms with van der Waals surface area (Å²) >= 11 is 5.48. The lowest BCUT2D eigenvalue weighted by Crippen LogP contribution is -2.13. The molecule has 78 valence electrons. The van der Waals surface area contributed by atoms with Crippen molar-refractivity contribution < 1.29 is 0 Å². The highest BCUT2D eigenvalue weighted by Crippen LogP contribution is 2.25.